The van der Waals surface area contributed by atoms with Crippen molar-refractivity contribution in [3.8, 4) is 6.07 Å². The zero-order valence-corrected chi connectivity index (χ0v) is 9.79. The van der Waals surface area contributed by atoms with Crippen molar-refractivity contribution in [2.75, 3.05) is 0 Å². The minimum atomic E-state index is -0.687. The summed E-state index contributed by atoms with van der Waals surface area (Å²) in [5, 5.41) is 9.51. The zero-order valence-electron chi connectivity index (χ0n) is 9.04. The van der Waals surface area contributed by atoms with Gasteiger partial charge in [0, 0.05) is 17.4 Å². The summed E-state index contributed by atoms with van der Waals surface area (Å²) in [6, 6.07) is 4.86. The van der Waals surface area contributed by atoms with Crippen molar-refractivity contribution in [3.63, 3.8) is 0 Å². The summed E-state index contributed by atoms with van der Waals surface area (Å²) >= 11 is 6.03. The second kappa shape index (κ2) is 4.56. The average molecular weight is 250 g/mol. The monoisotopic (exact) mass is 249 g/mol. The highest BCUT2D eigenvalue weighted by Gasteiger charge is 2.20. The Bertz CT molecular complexity index is 572. The smallest absolute Gasteiger partial charge is 0.131 e. The molecule has 1 aromatic heterocycles. The maximum Gasteiger partial charge on any atom is 0.131 e. The van der Waals surface area contributed by atoms with E-state index in [2.05, 4.69) is 16.0 Å². The van der Waals surface area contributed by atoms with Crippen LogP contribution in [0.3, 0.4) is 0 Å². The number of nitriles is 1. The first kappa shape index (κ1) is 11.6. The number of hydrogen-bond donors (Lipinski definition) is 1. The molecule has 1 aromatic carbocycles. The molecule has 0 aliphatic carbocycles. The summed E-state index contributed by atoms with van der Waals surface area (Å²) in [5.41, 5.74) is 0.877. The van der Waals surface area contributed by atoms with Crippen LogP contribution >= 0.6 is 11.6 Å². The number of aryl methyl sites for hydroxylation is 1. The van der Waals surface area contributed by atoms with E-state index in [1.54, 1.807) is 13.1 Å². The molecular formula is C12H9ClFN3. The summed E-state index contributed by atoms with van der Waals surface area (Å²) in [4.78, 5) is 6.83. The first-order valence-corrected chi connectivity index (χ1v) is 5.35. The van der Waals surface area contributed by atoms with E-state index in [0.717, 1.165) is 0 Å². The SMILES string of the molecule is Cc1cc(Cl)c(C(C#N)c2ncc[nH]2)cc1F. The van der Waals surface area contributed by atoms with Gasteiger partial charge in [0.05, 0.1) is 6.07 Å². The van der Waals surface area contributed by atoms with E-state index in [4.69, 9.17) is 16.9 Å². The molecule has 0 radical (unpaired) electrons. The molecule has 1 unspecified atom stereocenters. The quantitative estimate of drug-likeness (QED) is 0.889. The van der Waals surface area contributed by atoms with E-state index in [1.165, 1.54) is 18.3 Å². The van der Waals surface area contributed by atoms with Crippen molar-refractivity contribution in [3.05, 3.63) is 52.3 Å². The molecule has 1 atom stereocenters. The van der Waals surface area contributed by atoms with Crippen molar-refractivity contribution in [1.82, 2.24) is 9.97 Å². The Kier molecular flexibility index (Phi) is 3.12. The fraction of sp³-hybridized carbons (Fsp3) is 0.167. The second-order valence-corrected chi connectivity index (χ2v) is 4.07. The molecule has 3 nitrogen and oxygen atoms in total. The van der Waals surface area contributed by atoms with Gasteiger partial charge in [-0.15, -0.1) is 0 Å². The number of imidazole rings is 1. The number of nitrogens with zero attached hydrogens (tertiary/aromatic N) is 2. The van der Waals surface area contributed by atoms with Gasteiger partial charge in [-0.05, 0) is 30.2 Å². The van der Waals surface area contributed by atoms with Gasteiger partial charge in [-0.1, -0.05) is 11.6 Å². The van der Waals surface area contributed by atoms with Crippen molar-refractivity contribution in [2.45, 2.75) is 12.8 Å². The predicted molar refractivity (Wildman–Crippen MR) is 62.2 cm³/mol. The highest BCUT2D eigenvalue weighted by Crippen LogP contribution is 2.30. The summed E-state index contributed by atoms with van der Waals surface area (Å²) in [7, 11) is 0. The maximum absolute atomic E-state index is 13.5. The van der Waals surface area contributed by atoms with Crippen molar-refractivity contribution < 1.29 is 4.39 Å². The Morgan fingerprint density at radius 1 is 1.53 bits per heavy atom. The fourth-order valence-corrected chi connectivity index (χ4v) is 1.92. The van der Waals surface area contributed by atoms with E-state index in [0.29, 0.717) is 22.0 Å². The van der Waals surface area contributed by atoms with Crippen molar-refractivity contribution in [2.24, 2.45) is 0 Å². The number of aromatic nitrogens is 2. The molecule has 86 valence electrons. The molecule has 2 rings (SSSR count). The zero-order chi connectivity index (χ0) is 12.4. The Hall–Kier alpha value is -1.86. The molecule has 5 heteroatoms. The lowest BCUT2D eigenvalue weighted by atomic mass is 9.98. The van der Waals surface area contributed by atoms with Crippen LogP contribution in [0.4, 0.5) is 4.39 Å². The van der Waals surface area contributed by atoms with Crippen LogP contribution in [0.2, 0.25) is 5.02 Å². The fourth-order valence-electron chi connectivity index (χ4n) is 1.60. The molecule has 0 saturated heterocycles. The third kappa shape index (κ3) is 2.15. The Labute approximate surface area is 103 Å². The second-order valence-electron chi connectivity index (χ2n) is 3.66. The van der Waals surface area contributed by atoms with Gasteiger partial charge in [0.2, 0.25) is 0 Å². The molecule has 17 heavy (non-hydrogen) atoms. The minimum Gasteiger partial charge on any atom is -0.347 e. The molecule has 0 aliphatic heterocycles. The highest BCUT2D eigenvalue weighted by atomic mass is 35.5. The van der Waals surface area contributed by atoms with Crippen LogP contribution in [0.25, 0.3) is 0 Å². The van der Waals surface area contributed by atoms with E-state index < -0.39 is 5.92 Å². The molecule has 0 aliphatic rings. The topological polar surface area (TPSA) is 52.5 Å². The molecule has 2 aromatic rings. The van der Waals surface area contributed by atoms with E-state index in [-0.39, 0.29) is 5.82 Å². The molecule has 1 N–H and O–H groups in total. The number of halogens is 2. The number of benzene rings is 1. The van der Waals surface area contributed by atoms with Gasteiger partial charge in [-0.25, -0.2) is 9.37 Å². The van der Waals surface area contributed by atoms with Gasteiger partial charge in [0.1, 0.15) is 17.6 Å². The summed E-state index contributed by atoms with van der Waals surface area (Å²) in [6.07, 6.45) is 3.15. The summed E-state index contributed by atoms with van der Waals surface area (Å²) in [5.74, 6) is -0.610. The van der Waals surface area contributed by atoms with Crippen molar-refractivity contribution >= 4 is 11.6 Å². The van der Waals surface area contributed by atoms with Crippen LogP contribution in [-0.4, -0.2) is 9.97 Å². The predicted octanol–water partition coefficient (Wildman–Crippen LogP) is 3.17. The van der Waals surface area contributed by atoms with E-state index >= 15 is 0 Å². The molecular weight excluding hydrogens is 241 g/mol. The third-order valence-electron chi connectivity index (χ3n) is 2.51. The van der Waals surface area contributed by atoms with Crippen LogP contribution in [-0.2, 0) is 0 Å². The number of rotatable bonds is 2. The first-order valence-electron chi connectivity index (χ1n) is 4.98. The number of aromatic amines is 1. The van der Waals surface area contributed by atoms with E-state index in [9.17, 15) is 4.39 Å². The van der Waals surface area contributed by atoms with Crippen LogP contribution in [0, 0.1) is 24.1 Å². The highest BCUT2D eigenvalue weighted by molar-refractivity contribution is 6.31. The van der Waals surface area contributed by atoms with Crippen LogP contribution in [0.5, 0.6) is 0 Å². The van der Waals surface area contributed by atoms with Crippen molar-refractivity contribution in [1.29, 1.82) is 5.26 Å². The minimum absolute atomic E-state index is 0.367. The average Bonchev–Trinajstić information content (AvgIpc) is 2.80. The Morgan fingerprint density at radius 3 is 2.88 bits per heavy atom. The third-order valence-corrected chi connectivity index (χ3v) is 2.84. The normalized spacial score (nSPS) is 12.1. The molecule has 0 amide bonds. The lowest BCUT2D eigenvalue weighted by Gasteiger charge is -2.10. The lowest BCUT2D eigenvalue weighted by Crippen LogP contribution is -2.03. The Balaban J connectivity index is 2.53. The van der Waals surface area contributed by atoms with Gasteiger partial charge in [0.25, 0.3) is 0 Å². The number of H-pyrrole nitrogens is 1. The van der Waals surface area contributed by atoms with Crippen LogP contribution in [0.15, 0.2) is 24.5 Å². The molecule has 1 heterocycles. The summed E-state index contributed by atoms with van der Waals surface area (Å²) in [6.45, 7) is 1.62. The van der Waals surface area contributed by atoms with Gasteiger partial charge in [-0.2, -0.15) is 5.26 Å². The van der Waals surface area contributed by atoms with Crippen LogP contribution in [0.1, 0.15) is 22.9 Å². The summed E-state index contributed by atoms with van der Waals surface area (Å²) < 4.78 is 13.5. The largest absolute Gasteiger partial charge is 0.347 e. The van der Waals surface area contributed by atoms with Gasteiger partial charge in [0.15, 0.2) is 0 Å². The van der Waals surface area contributed by atoms with Crippen LogP contribution < -0.4 is 0 Å². The molecule has 0 spiro atoms. The number of nitrogens with one attached hydrogen (secondary N) is 1. The van der Waals surface area contributed by atoms with E-state index in [1.807, 2.05) is 0 Å². The molecule has 0 bridgehead atoms. The van der Waals surface area contributed by atoms with Gasteiger partial charge < -0.3 is 4.98 Å². The molecule has 0 saturated carbocycles. The standard InChI is InChI=1S/C12H9ClFN3/c1-7-4-10(13)8(5-11(7)14)9(6-15)12-16-2-3-17-12/h2-5,9H,1H3,(H,16,17). The first-order chi connectivity index (χ1) is 8.13. The molecule has 0 fully saturated rings. The maximum atomic E-state index is 13.5. The lowest BCUT2D eigenvalue weighted by molar-refractivity contribution is 0.615. The van der Waals surface area contributed by atoms with Gasteiger partial charge >= 0.3 is 0 Å². The number of hydrogen-bond acceptors (Lipinski definition) is 2. The van der Waals surface area contributed by atoms with Gasteiger partial charge in [-0.3, -0.25) is 0 Å². The Morgan fingerprint density at radius 2 is 2.29 bits per heavy atom.